The number of rotatable bonds is 9. The summed E-state index contributed by atoms with van der Waals surface area (Å²) in [5.41, 5.74) is 2.93. The van der Waals surface area contributed by atoms with Crippen molar-refractivity contribution in [3.8, 4) is 0 Å². The molecular weight excluding hydrogens is 526 g/mol. The van der Waals surface area contributed by atoms with Gasteiger partial charge >= 0.3 is 5.97 Å². The van der Waals surface area contributed by atoms with Crippen LogP contribution in [0, 0.1) is 13.8 Å². The molecule has 4 aromatic rings. The van der Waals surface area contributed by atoms with E-state index >= 15 is 0 Å². The molecule has 0 saturated carbocycles. The fraction of sp³-hybridized carbons (Fsp3) is 0.226. The second-order valence-corrected chi connectivity index (χ2v) is 10.4. The van der Waals surface area contributed by atoms with E-state index in [9.17, 15) is 19.2 Å². The molecule has 4 rings (SSSR count). The molecule has 8 nitrogen and oxygen atoms in total. The highest BCUT2D eigenvalue weighted by atomic mass is 32.1. The molecule has 0 bridgehead atoms. The molecule has 206 valence electrons. The van der Waals surface area contributed by atoms with Crippen LogP contribution in [0.1, 0.15) is 60.0 Å². The molecule has 0 aliphatic carbocycles. The van der Waals surface area contributed by atoms with E-state index in [0.717, 1.165) is 16.3 Å². The molecule has 9 heteroatoms. The van der Waals surface area contributed by atoms with Gasteiger partial charge in [-0.1, -0.05) is 48.5 Å². The zero-order valence-electron chi connectivity index (χ0n) is 22.7. The first-order valence-corrected chi connectivity index (χ1v) is 13.7. The fourth-order valence-electron chi connectivity index (χ4n) is 4.69. The van der Waals surface area contributed by atoms with E-state index in [1.807, 2.05) is 49.4 Å². The minimum absolute atomic E-state index is 0.139. The third-order valence-corrected chi connectivity index (χ3v) is 7.53. The highest BCUT2D eigenvalue weighted by Crippen LogP contribution is 2.25. The SMILES string of the molecule is COC(=O)C(CNC(=O)c1cccs1)NC(=O)c1c(C)cc(C(=O)NC(C)c2cccc3ccccc23)cc1C. The topological polar surface area (TPSA) is 114 Å². The third-order valence-electron chi connectivity index (χ3n) is 6.66. The van der Waals surface area contributed by atoms with E-state index in [-0.39, 0.29) is 24.4 Å². The van der Waals surface area contributed by atoms with Crippen LogP contribution in [0.4, 0.5) is 0 Å². The van der Waals surface area contributed by atoms with E-state index in [1.54, 1.807) is 43.5 Å². The summed E-state index contributed by atoms with van der Waals surface area (Å²) in [5, 5.41) is 12.3. The summed E-state index contributed by atoms with van der Waals surface area (Å²) in [7, 11) is 1.21. The molecule has 40 heavy (non-hydrogen) atoms. The number of carbonyl (C=O) groups excluding carboxylic acids is 4. The summed E-state index contributed by atoms with van der Waals surface area (Å²) in [5.74, 6) is -1.80. The zero-order chi connectivity index (χ0) is 28.8. The number of nitrogens with one attached hydrogen (secondary N) is 3. The zero-order valence-corrected chi connectivity index (χ0v) is 23.6. The molecule has 1 aromatic heterocycles. The van der Waals surface area contributed by atoms with E-state index in [4.69, 9.17) is 4.74 Å². The maximum absolute atomic E-state index is 13.2. The smallest absolute Gasteiger partial charge is 0.330 e. The van der Waals surface area contributed by atoms with Gasteiger partial charge in [0.15, 0.2) is 0 Å². The van der Waals surface area contributed by atoms with E-state index in [1.165, 1.54) is 18.4 Å². The third kappa shape index (κ3) is 6.38. The molecule has 0 saturated heterocycles. The van der Waals surface area contributed by atoms with E-state index in [2.05, 4.69) is 16.0 Å². The van der Waals surface area contributed by atoms with Crippen LogP contribution in [0.2, 0.25) is 0 Å². The van der Waals surface area contributed by atoms with Crippen LogP contribution in [-0.4, -0.2) is 43.4 Å². The lowest BCUT2D eigenvalue weighted by Gasteiger charge is -2.20. The minimum Gasteiger partial charge on any atom is -0.467 e. The normalized spacial score (nSPS) is 12.3. The van der Waals surface area contributed by atoms with Gasteiger partial charge in [0.25, 0.3) is 17.7 Å². The predicted octanol–water partition coefficient (Wildman–Crippen LogP) is 4.71. The predicted molar refractivity (Wildman–Crippen MR) is 156 cm³/mol. The summed E-state index contributed by atoms with van der Waals surface area (Å²) in [6.07, 6.45) is 0. The number of thiophene rings is 1. The van der Waals surface area contributed by atoms with Gasteiger partial charge in [-0.05, 0) is 71.8 Å². The summed E-state index contributed by atoms with van der Waals surface area (Å²) >= 11 is 1.27. The molecule has 0 spiro atoms. The molecule has 3 amide bonds. The Hall–Kier alpha value is -4.50. The summed E-state index contributed by atoms with van der Waals surface area (Å²) < 4.78 is 4.83. The molecule has 0 aliphatic rings. The summed E-state index contributed by atoms with van der Waals surface area (Å²) in [4.78, 5) is 51.6. The molecule has 0 fully saturated rings. The van der Waals surface area contributed by atoms with Crippen molar-refractivity contribution in [1.29, 1.82) is 0 Å². The van der Waals surface area contributed by atoms with Gasteiger partial charge in [0.2, 0.25) is 0 Å². The van der Waals surface area contributed by atoms with Gasteiger partial charge < -0.3 is 20.7 Å². The van der Waals surface area contributed by atoms with Crippen LogP contribution < -0.4 is 16.0 Å². The van der Waals surface area contributed by atoms with Crippen molar-refractivity contribution >= 4 is 45.8 Å². The Morgan fingerprint density at radius 3 is 2.23 bits per heavy atom. The van der Waals surface area contributed by atoms with Crippen molar-refractivity contribution in [2.24, 2.45) is 0 Å². The molecule has 3 aromatic carbocycles. The molecule has 0 radical (unpaired) electrons. The van der Waals surface area contributed by atoms with Crippen molar-refractivity contribution in [2.75, 3.05) is 13.7 Å². The van der Waals surface area contributed by atoms with Crippen molar-refractivity contribution in [3.63, 3.8) is 0 Å². The first-order chi connectivity index (χ1) is 19.2. The second kappa shape index (κ2) is 12.6. The largest absolute Gasteiger partial charge is 0.467 e. The van der Waals surface area contributed by atoms with Crippen molar-refractivity contribution in [3.05, 3.63) is 105 Å². The molecule has 2 atom stereocenters. The highest BCUT2D eigenvalue weighted by Gasteiger charge is 2.25. The Bertz CT molecular complexity index is 1540. The number of fused-ring (bicyclic) bond motifs is 1. The standard InChI is InChI=1S/C31H31N3O5S/c1-18-15-22(28(35)33-20(3)23-12-7-10-21-9-5-6-11-24(21)23)16-19(2)27(18)30(37)34-25(31(38)39-4)17-32-29(36)26-13-8-14-40-26/h5-16,20,25H,17H2,1-4H3,(H,32,36)(H,33,35)(H,34,37). The monoisotopic (exact) mass is 557 g/mol. The van der Waals surface area contributed by atoms with Gasteiger partial charge in [0.05, 0.1) is 18.0 Å². The lowest BCUT2D eigenvalue weighted by Crippen LogP contribution is -2.49. The lowest BCUT2D eigenvalue weighted by atomic mass is 9.97. The van der Waals surface area contributed by atoms with Gasteiger partial charge in [0.1, 0.15) is 6.04 Å². The van der Waals surface area contributed by atoms with Crippen molar-refractivity contribution in [1.82, 2.24) is 16.0 Å². The average molecular weight is 558 g/mol. The number of hydrogen-bond acceptors (Lipinski definition) is 6. The quantitative estimate of drug-likeness (QED) is 0.258. The Labute approximate surface area is 236 Å². The van der Waals surface area contributed by atoms with Crippen molar-refractivity contribution in [2.45, 2.75) is 32.9 Å². The maximum Gasteiger partial charge on any atom is 0.330 e. The lowest BCUT2D eigenvalue weighted by molar-refractivity contribution is -0.142. The van der Waals surface area contributed by atoms with Gasteiger partial charge in [-0.3, -0.25) is 14.4 Å². The second-order valence-electron chi connectivity index (χ2n) is 9.49. The number of methoxy groups -OCH3 is 1. The van der Waals surface area contributed by atoms with Gasteiger partial charge in [-0.15, -0.1) is 11.3 Å². The van der Waals surface area contributed by atoms with Gasteiger partial charge in [-0.2, -0.15) is 0 Å². The van der Waals surface area contributed by atoms with Crippen LogP contribution in [0.15, 0.2) is 72.1 Å². The van der Waals surface area contributed by atoms with Crippen molar-refractivity contribution < 1.29 is 23.9 Å². The van der Waals surface area contributed by atoms with Crippen LogP contribution >= 0.6 is 11.3 Å². The van der Waals surface area contributed by atoms with Crippen LogP contribution in [0.3, 0.4) is 0 Å². The van der Waals surface area contributed by atoms with Crippen LogP contribution in [0.5, 0.6) is 0 Å². The molecule has 0 aliphatic heterocycles. The van der Waals surface area contributed by atoms with Gasteiger partial charge in [-0.25, -0.2) is 4.79 Å². The Morgan fingerprint density at radius 1 is 0.850 bits per heavy atom. The highest BCUT2D eigenvalue weighted by molar-refractivity contribution is 7.12. The Morgan fingerprint density at radius 2 is 1.55 bits per heavy atom. The Balaban J connectivity index is 1.47. The number of hydrogen-bond donors (Lipinski definition) is 3. The Kier molecular flexibility index (Phi) is 8.96. The van der Waals surface area contributed by atoms with Crippen LogP contribution in [-0.2, 0) is 9.53 Å². The number of esters is 1. The molecular formula is C31H31N3O5S. The maximum atomic E-state index is 13.2. The number of ether oxygens (including phenoxy) is 1. The molecule has 3 N–H and O–H groups in total. The summed E-state index contributed by atoms with van der Waals surface area (Å²) in [6, 6.07) is 19.4. The number of aryl methyl sites for hydroxylation is 2. The molecule has 1 heterocycles. The average Bonchev–Trinajstić information content (AvgIpc) is 3.49. The van der Waals surface area contributed by atoms with Crippen LogP contribution in [0.25, 0.3) is 10.8 Å². The van der Waals surface area contributed by atoms with E-state index < -0.39 is 17.9 Å². The van der Waals surface area contributed by atoms with E-state index in [0.29, 0.717) is 27.1 Å². The number of benzene rings is 3. The van der Waals surface area contributed by atoms with Gasteiger partial charge in [0, 0.05) is 17.7 Å². The number of amides is 3. The molecule has 2 unspecified atom stereocenters. The minimum atomic E-state index is -1.09. The fourth-order valence-corrected chi connectivity index (χ4v) is 5.33. The first-order valence-electron chi connectivity index (χ1n) is 12.8. The summed E-state index contributed by atoms with van der Waals surface area (Å²) in [6.45, 7) is 5.27. The first kappa shape index (κ1) is 28.5. The number of carbonyl (C=O) groups is 4.